The molecule has 17 heavy (non-hydrogen) atoms. The third-order valence-electron chi connectivity index (χ3n) is 2.60. The number of aromatic nitrogens is 1. The predicted molar refractivity (Wildman–Crippen MR) is 60.6 cm³/mol. The van der Waals surface area contributed by atoms with Crippen LogP contribution in [0.15, 0.2) is 12.1 Å². The van der Waals surface area contributed by atoms with Gasteiger partial charge in [0, 0.05) is 10.8 Å². The van der Waals surface area contributed by atoms with Crippen LogP contribution in [-0.4, -0.2) is 10.1 Å². The molecular formula is C13H9F2NO. The summed E-state index contributed by atoms with van der Waals surface area (Å²) in [6.45, 7) is 1.81. The topological polar surface area (TPSA) is 33.1 Å². The maximum absolute atomic E-state index is 13.5. The number of halogens is 2. The third kappa shape index (κ3) is 1.70. The number of hydrogen-bond acceptors (Lipinski definition) is 2. The van der Waals surface area contributed by atoms with Gasteiger partial charge < -0.3 is 5.11 Å². The quantitative estimate of drug-likeness (QED) is 0.607. The van der Waals surface area contributed by atoms with E-state index in [1.54, 1.807) is 0 Å². The van der Waals surface area contributed by atoms with Gasteiger partial charge in [-0.25, -0.2) is 0 Å². The second kappa shape index (κ2) is 4.02. The summed E-state index contributed by atoms with van der Waals surface area (Å²) in [5.74, 6) is 0.109. The summed E-state index contributed by atoms with van der Waals surface area (Å²) in [4.78, 5) is 3.10. The lowest BCUT2D eigenvalue weighted by molar-refractivity contribution is 0.474. The highest BCUT2D eigenvalue weighted by molar-refractivity contribution is 5.92. The monoisotopic (exact) mass is 233 g/mol. The zero-order valence-electron chi connectivity index (χ0n) is 9.09. The Morgan fingerprint density at radius 2 is 2.06 bits per heavy atom. The molecule has 2 rings (SSSR count). The second-order valence-corrected chi connectivity index (χ2v) is 3.59. The van der Waals surface area contributed by atoms with Crippen LogP contribution in [0.5, 0.6) is 5.75 Å². The minimum absolute atomic E-state index is 0.0381. The smallest absolute Gasteiger partial charge is 0.231 e. The predicted octanol–water partition coefficient (Wildman–Crippen LogP) is 2.76. The van der Waals surface area contributed by atoms with Crippen molar-refractivity contribution in [3.8, 4) is 18.1 Å². The van der Waals surface area contributed by atoms with E-state index in [9.17, 15) is 13.9 Å². The standard InChI is InChI=1S/C13H9F2NO/c1-3-7-5-8(17)6-10-11(7)9(4-2)12(14)16-13(10)15/h2,5-6,17H,3H2,1H3. The van der Waals surface area contributed by atoms with Crippen LogP contribution >= 0.6 is 0 Å². The molecule has 2 nitrogen and oxygen atoms in total. The van der Waals surface area contributed by atoms with Gasteiger partial charge in [-0.3, -0.25) is 0 Å². The fourth-order valence-corrected chi connectivity index (χ4v) is 1.86. The summed E-state index contributed by atoms with van der Waals surface area (Å²) in [6.07, 6.45) is 5.72. The summed E-state index contributed by atoms with van der Waals surface area (Å²) < 4.78 is 27.0. The molecule has 0 saturated heterocycles. The number of rotatable bonds is 1. The van der Waals surface area contributed by atoms with Crippen molar-refractivity contribution in [3.05, 3.63) is 35.2 Å². The average molecular weight is 233 g/mol. The molecule has 1 aromatic heterocycles. The van der Waals surface area contributed by atoms with Crippen LogP contribution < -0.4 is 0 Å². The SMILES string of the molecule is C#Cc1c(F)nc(F)c2cc(O)cc(CC)c12. The van der Waals surface area contributed by atoms with E-state index in [4.69, 9.17) is 6.42 Å². The molecule has 0 aliphatic carbocycles. The molecule has 2 aromatic rings. The number of hydrogen-bond donors (Lipinski definition) is 1. The van der Waals surface area contributed by atoms with Crippen LogP contribution in [0.4, 0.5) is 8.78 Å². The van der Waals surface area contributed by atoms with Crippen LogP contribution in [0.25, 0.3) is 10.8 Å². The zero-order chi connectivity index (χ0) is 12.6. The Kier molecular flexibility index (Phi) is 2.68. The molecule has 4 heteroatoms. The van der Waals surface area contributed by atoms with Crippen LogP contribution in [0.1, 0.15) is 18.1 Å². The lowest BCUT2D eigenvalue weighted by Crippen LogP contribution is -1.99. The van der Waals surface area contributed by atoms with Gasteiger partial charge in [0.15, 0.2) is 0 Å². The fraction of sp³-hybridized carbons (Fsp3) is 0.154. The highest BCUT2D eigenvalue weighted by Gasteiger charge is 2.16. The van der Waals surface area contributed by atoms with Crippen molar-refractivity contribution in [2.75, 3.05) is 0 Å². The van der Waals surface area contributed by atoms with Gasteiger partial charge >= 0.3 is 0 Å². The molecule has 1 aromatic carbocycles. The van der Waals surface area contributed by atoms with Gasteiger partial charge in [0.25, 0.3) is 0 Å². The number of terminal acetylenes is 1. The lowest BCUT2D eigenvalue weighted by atomic mass is 9.99. The number of aromatic hydroxyl groups is 1. The summed E-state index contributed by atoms with van der Waals surface area (Å²) in [7, 11) is 0. The molecule has 0 radical (unpaired) electrons. The van der Waals surface area contributed by atoms with Crippen LogP contribution in [0.3, 0.4) is 0 Å². The highest BCUT2D eigenvalue weighted by atomic mass is 19.1. The fourth-order valence-electron chi connectivity index (χ4n) is 1.86. The molecule has 0 spiro atoms. The van der Waals surface area contributed by atoms with E-state index < -0.39 is 11.9 Å². The van der Waals surface area contributed by atoms with Crippen molar-refractivity contribution in [2.45, 2.75) is 13.3 Å². The normalized spacial score (nSPS) is 10.5. The molecular weight excluding hydrogens is 224 g/mol. The maximum Gasteiger partial charge on any atom is 0.231 e. The average Bonchev–Trinajstić information content (AvgIpc) is 2.29. The molecule has 0 aliphatic heterocycles. The van der Waals surface area contributed by atoms with Crippen molar-refractivity contribution in [3.63, 3.8) is 0 Å². The maximum atomic E-state index is 13.5. The van der Waals surface area contributed by atoms with Gasteiger partial charge in [0.05, 0.1) is 5.56 Å². The Bertz CT molecular complexity index is 644. The largest absolute Gasteiger partial charge is 0.508 e. The molecule has 0 amide bonds. The first-order chi connectivity index (χ1) is 8.08. The molecule has 1 heterocycles. The van der Waals surface area contributed by atoms with E-state index >= 15 is 0 Å². The number of pyridine rings is 1. The summed E-state index contributed by atoms with van der Waals surface area (Å²) in [5.41, 5.74) is 0.520. The number of benzene rings is 1. The molecule has 1 N–H and O–H groups in total. The Morgan fingerprint density at radius 3 is 2.65 bits per heavy atom. The van der Waals surface area contributed by atoms with Gasteiger partial charge in [-0.1, -0.05) is 12.8 Å². The molecule has 0 aliphatic rings. The van der Waals surface area contributed by atoms with E-state index in [1.165, 1.54) is 12.1 Å². The Hall–Kier alpha value is -2.15. The minimum atomic E-state index is -1.00. The van der Waals surface area contributed by atoms with Gasteiger partial charge in [-0.15, -0.1) is 6.42 Å². The van der Waals surface area contributed by atoms with Gasteiger partial charge in [-0.2, -0.15) is 13.8 Å². The van der Waals surface area contributed by atoms with E-state index in [1.807, 2.05) is 6.92 Å². The molecule has 0 fully saturated rings. The molecule has 0 atom stereocenters. The second-order valence-electron chi connectivity index (χ2n) is 3.59. The number of aryl methyl sites for hydroxylation is 1. The molecule has 86 valence electrons. The van der Waals surface area contributed by atoms with Crippen molar-refractivity contribution >= 4 is 10.8 Å². The molecule has 0 bridgehead atoms. The third-order valence-corrected chi connectivity index (χ3v) is 2.60. The van der Waals surface area contributed by atoms with Crippen LogP contribution in [0.2, 0.25) is 0 Å². The lowest BCUT2D eigenvalue weighted by Gasteiger charge is -2.09. The number of nitrogens with zero attached hydrogens (tertiary/aromatic N) is 1. The summed E-state index contributed by atoms with van der Waals surface area (Å²) >= 11 is 0. The van der Waals surface area contributed by atoms with Gasteiger partial charge in [0.1, 0.15) is 5.75 Å². The van der Waals surface area contributed by atoms with Crippen molar-refractivity contribution < 1.29 is 13.9 Å². The summed E-state index contributed by atoms with van der Waals surface area (Å²) in [6, 6.07) is 2.64. The first-order valence-corrected chi connectivity index (χ1v) is 5.05. The van der Waals surface area contributed by atoms with Crippen LogP contribution in [-0.2, 0) is 6.42 Å². The van der Waals surface area contributed by atoms with Crippen molar-refractivity contribution in [1.29, 1.82) is 0 Å². The van der Waals surface area contributed by atoms with E-state index in [0.717, 1.165) is 0 Å². The Morgan fingerprint density at radius 1 is 1.35 bits per heavy atom. The zero-order valence-corrected chi connectivity index (χ0v) is 9.09. The Labute approximate surface area is 96.9 Å². The molecule has 0 unspecified atom stereocenters. The number of phenols is 1. The van der Waals surface area contributed by atoms with E-state index in [2.05, 4.69) is 10.9 Å². The minimum Gasteiger partial charge on any atom is -0.508 e. The van der Waals surface area contributed by atoms with Crippen molar-refractivity contribution in [1.82, 2.24) is 4.98 Å². The summed E-state index contributed by atoms with van der Waals surface area (Å²) in [5, 5.41) is 9.80. The first kappa shape index (κ1) is 11.3. The van der Waals surface area contributed by atoms with Gasteiger partial charge in [-0.05, 0) is 24.1 Å². The van der Waals surface area contributed by atoms with Crippen molar-refractivity contribution in [2.24, 2.45) is 0 Å². The van der Waals surface area contributed by atoms with Gasteiger partial charge in [0.2, 0.25) is 11.9 Å². The van der Waals surface area contributed by atoms with Crippen LogP contribution in [0, 0.1) is 24.2 Å². The number of fused-ring (bicyclic) bond motifs is 1. The van der Waals surface area contributed by atoms with E-state index in [0.29, 0.717) is 17.4 Å². The first-order valence-electron chi connectivity index (χ1n) is 5.05. The Balaban J connectivity index is 3.05. The highest BCUT2D eigenvalue weighted by Crippen LogP contribution is 2.30. The molecule has 0 saturated carbocycles. The number of phenolic OH excluding ortho intramolecular Hbond substituents is 1. The van der Waals surface area contributed by atoms with E-state index in [-0.39, 0.29) is 16.7 Å².